The van der Waals surface area contributed by atoms with Crippen LogP contribution in [-0.4, -0.2) is 21.3 Å². The van der Waals surface area contributed by atoms with E-state index in [-0.39, 0.29) is 10.0 Å². The molecule has 0 aliphatic heterocycles. The highest BCUT2D eigenvalue weighted by Crippen LogP contribution is 2.29. The first-order valence-corrected chi connectivity index (χ1v) is 4.31. The third-order valence-electron chi connectivity index (χ3n) is 1.59. The van der Waals surface area contributed by atoms with Crippen molar-refractivity contribution in [1.82, 2.24) is 0 Å². The summed E-state index contributed by atoms with van der Waals surface area (Å²) >= 11 is 2.88. The Morgan fingerprint density at radius 2 is 2.07 bits per heavy atom. The molecule has 0 heterocycles. The number of carbonyl (C=O) groups is 1. The second kappa shape index (κ2) is 3.93. The van der Waals surface area contributed by atoms with Crippen LogP contribution in [0.15, 0.2) is 16.6 Å². The molecule has 0 spiro atoms. The van der Waals surface area contributed by atoms with Crippen LogP contribution in [0.3, 0.4) is 0 Å². The lowest BCUT2D eigenvalue weighted by molar-refractivity contribution is -0.147. The van der Waals surface area contributed by atoms with Gasteiger partial charge in [-0.25, -0.2) is 9.18 Å². The lowest BCUT2D eigenvalue weighted by Gasteiger charge is -2.08. The van der Waals surface area contributed by atoms with Gasteiger partial charge in [0.2, 0.25) is 0 Å². The average molecular weight is 265 g/mol. The molecule has 0 aliphatic carbocycles. The molecule has 76 valence electrons. The van der Waals surface area contributed by atoms with Gasteiger partial charge >= 0.3 is 5.97 Å². The number of hydrogen-bond acceptors (Lipinski definition) is 3. The van der Waals surface area contributed by atoms with E-state index >= 15 is 0 Å². The van der Waals surface area contributed by atoms with Crippen LogP contribution in [-0.2, 0) is 4.79 Å². The van der Waals surface area contributed by atoms with E-state index in [1.54, 1.807) is 0 Å². The van der Waals surface area contributed by atoms with Gasteiger partial charge in [-0.15, -0.1) is 0 Å². The molecule has 0 aliphatic rings. The molecular weight excluding hydrogens is 259 g/mol. The molecule has 0 saturated carbocycles. The van der Waals surface area contributed by atoms with Crippen LogP contribution in [0.5, 0.6) is 5.75 Å². The van der Waals surface area contributed by atoms with Crippen molar-refractivity contribution in [2.75, 3.05) is 0 Å². The molecule has 0 bridgehead atoms. The minimum absolute atomic E-state index is 0.0858. The maximum absolute atomic E-state index is 12.7. The van der Waals surface area contributed by atoms with Gasteiger partial charge in [-0.1, -0.05) is 15.9 Å². The second-order valence-corrected chi connectivity index (χ2v) is 3.42. The third-order valence-corrected chi connectivity index (χ3v) is 2.28. The molecule has 0 fully saturated rings. The predicted octanol–water partition coefficient (Wildman–Crippen LogP) is 1.41. The van der Waals surface area contributed by atoms with E-state index in [0.29, 0.717) is 0 Å². The van der Waals surface area contributed by atoms with E-state index in [1.165, 1.54) is 0 Å². The molecule has 1 atom stereocenters. The number of carboxylic acids is 1. The molecule has 1 rings (SSSR count). The van der Waals surface area contributed by atoms with Crippen molar-refractivity contribution < 1.29 is 24.5 Å². The molecule has 6 heteroatoms. The first-order chi connectivity index (χ1) is 6.43. The van der Waals surface area contributed by atoms with Gasteiger partial charge in [-0.05, 0) is 12.1 Å². The Hall–Kier alpha value is -1.14. The first-order valence-electron chi connectivity index (χ1n) is 3.52. The highest BCUT2D eigenvalue weighted by molar-refractivity contribution is 9.10. The number of phenolic OH excluding ortho intramolecular Hbond substituents is 1. The number of phenols is 1. The lowest BCUT2D eigenvalue weighted by Crippen LogP contribution is -2.11. The summed E-state index contributed by atoms with van der Waals surface area (Å²) in [7, 11) is 0. The maximum Gasteiger partial charge on any atom is 0.337 e. The fraction of sp³-hybridized carbons (Fsp3) is 0.125. The largest absolute Gasteiger partial charge is 0.505 e. The van der Waals surface area contributed by atoms with Crippen LogP contribution in [0.4, 0.5) is 4.39 Å². The molecular formula is C8H6BrFO4. The summed E-state index contributed by atoms with van der Waals surface area (Å²) < 4.78 is 12.8. The van der Waals surface area contributed by atoms with Crippen LogP contribution in [0.1, 0.15) is 11.7 Å². The Balaban J connectivity index is 3.22. The molecule has 0 radical (unpaired) electrons. The quantitative estimate of drug-likeness (QED) is 0.755. The molecule has 4 nitrogen and oxygen atoms in total. The zero-order valence-corrected chi connectivity index (χ0v) is 8.32. The van der Waals surface area contributed by atoms with Crippen molar-refractivity contribution >= 4 is 21.9 Å². The topological polar surface area (TPSA) is 77.8 Å². The Labute approximate surface area is 86.7 Å². The zero-order chi connectivity index (χ0) is 10.9. The predicted molar refractivity (Wildman–Crippen MR) is 48.4 cm³/mol. The van der Waals surface area contributed by atoms with Crippen molar-refractivity contribution in [3.05, 3.63) is 28.0 Å². The number of halogens is 2. The highest BCUT2D eigenvalue weighted by atomic mass is 79.9. The smallest absolute Gasteiger partial charge is 0.337 e. The van der Waals surface area contributed by atoms with Gasteiger partial charge in [-0.2, -0.15) is 0 Å². The molecule has 0 amide bonds. The minimum Gasteiger partial charge on any atom is -0.505 e. The van der Waals surface area contributed by atoms with Crippen molar-refractivity contribution in [2.45, 2.75) is 6.10 Å². The number of rotatable bonds is 2. The summed E-state index contributed by atoms with van der Waals surface area (Å²) in [6, 6.07) is 1.75. The maximum atomic E-state index is 12.7. The monoisotopic (exact) mass is 264 g/mol. The molecule has 0 aromatic heterocycles. The number of benzene rings is 1. The number of aliphatic hydroxyl groups excluding tert-OH is 1. The Kier molecular flexibility index (Phi) is 3.07. The van der Waals surface area contributed by atoms with Crippen LogP contribution in [0, 0.1) is 5.82 Å². The molecule has 3 N–H and O–H groups in total. The third kappa shape index (κ3) is 2.02. The van der Waals surface area contributed by atoms with Gasteiger partial charge < -0.3 is 15.3 Å². The Morgan fingerprint density at radius 3 is 2.57 bits per heavy atom. The van der Waals surface area contributed by atoms with Crippen molar-refractivity contribution in [3.63, 3.8) is 0 Å². The van der Waals surface area contributed by atoms with Crippen molar-refractivity contribution in [3.8, 4) is 5.75 Å². The fourth-order valence-corrected chi connectivity index (χ4v) is 1.43. The Bertz CT molecular complexity index is 380. The van der Waals surface area contributed by atoms with Gasteiger partial charge in [0.05, 0.1) is 0 Å². The Morgan fingerprint density at radius 1 is 1.50 bits per heavy atom. The van der Waals surface area contributed by atoms with E-state index in [9.17, 15) is 9.18 Å². The van der Waals surface area contributed by atoms with E-state index in [0.717, 1.165) is 12.1 Å². The number of aliphatic hydroxyl groups is 1. The van der Waals surface area contributed by atoms with Crippen molar-refractivity contribution in [2.24, 2.45) is 0 Å². The summed E-state index contributed by atoms with van der Waals surface area (Å²) in [4.78, 5) is 10.4. The SMILES string of the molecule is O=C(O)C(O)c1cc(O)c(F)cc1Br. The summed E-state index contributed by atoms with van der Waals surface area (Å²) in [5.74, 6) is -3.07. The standard InChI is InChI=1S/C8H6BrFO4/c9-4-2-5(10)6(11)1-3(4)7(12)8(13)14/h1-2,7,11-12H,(H,13,14). The van der Waals surface area contributed by atoms with E-state index in [1.807, 2.05) is 0 Å². The zero-order valence-electron chi connectivity index (χ0n) is 6.74. The summed E-state index contributed by atoms with van der Waals surface area (Å²) in [5.41, 5.74) is -0.101. The minimum atomic E-state index is -1.80. The molecule has 14 heavy (non-hydrogen) atoms. The van der Waals surface area contributed by atoms with E-state index in [2.05, 4.69) is 15.9 Å². The van der Waals surface area contributed by atoms with Crippen molar-refractivity contribution in [1.29, 1.82) is 0 Å². The lowest BCUT2D eigenvalue weighted by atomic mass is 10.1. The van der Waals surface area contributed by atoms with Crippen LogP contribution in [0.25, 0.3) is 0 Å². The van der Waals surface area contributed by atoms with E-state index < -0.39 is 23.6 Å². The first kappa shape index (κ1) is 10.9. The van der Waals surface area contributed by atoms with Gasteiger partial charge in [-0.3, -0.25) is 0 Å². The highest BCUT2D eigenvalue weighted by Gasteiger charge is 2.20. The molecule has 1 aromatic rings. The number of aromatic hydroxyl groups is 1. The summed E-state index contributed by atoms with van der Waals surface area (Å²) in [6.07, 6.45) is -1.80. The number of aliphatic carboxylic acids is 1. The van der Waals surface area contributed by atoms with Crippen LogP contribution >= 0.6 is 15.9 Å². The average Bonchev–Trinajstić information content (AvgIpc) is 2.10. The van der Waals surface area contributed by atoms with E-state index in [4.69, 9.17) is 15.3 Å². The number of hydrogen-bond donors (Lipinski definition) is 3. The molecule has 1 aromatic carbocycles. The number of carboxylic acid groups (broad SMARTS) is 1. The summed E-state index contributed by atoms with van der Waals surface area (Å²) in [6.45, 7) is 0. The second-order valence-electron chi connectivity index (χ2n) is 2.57. The van der Waals surface area contributed by atoms with Crippen LogP contribution in [0.2, 0.25) is 0 Å². The summed E-state index contributed by atoms with van der Waals surface area (Å²) in [5, 5.41) is 26.6. The molecule has 1 unspecified atom stereocenters. The van der Waals surface area contributed by atoms with Gasteiger partial charge in [0.1, 0.15) is 0 Å². The fourth-order valence-electron chi connectivity index (χ4n) is 0.896. The van der Waals surface area contributed by atoms with Crippen LogP contribution < -0.4 is 0 Å². The molecule has 0 saturated heterocycles. The van der Waals surface area contributed by atoms with Gasteiger partial charge in [0, 0.05) is 10.0 Å². The van der Waals surface area contributed by atoms with Gasteiger partial charge in [0.15, 0.2) is 17.7 Å². The van der Waals surface area contributed by atoms with Gasteiger partial charge in [0.25, 0.3) is 0 Å². The normalized spacial score (nSPS) is 12.5.